The number of phenolic OH excluding ortho intramolecular Hbond substituents is 1. The van der Waals surface area contributed by atoms with Crippen LogP contribution in [0.3, 0.4) is 0 Å². The van der Waals surface area contributed by atoms with E-state index in [1.165, 1.54) is 11.1 Å². The molecule has 2 saturated carbocycles. The van der Waals surface area contributed by atoms with E-state index >= 15 is 0 Å². The zero-order chi connectivity index (χ0) is 16.2. The van der Waals surface area contributed by atoms with Crippen LogP contribution in [0, 0.1) is 28.4 Å². The Morgan fingerprint density at radius 2 is 2.04 bits per heavy atom. The SMILES string of the molecule is CC12CCC3c4ccc(O)cc4CCC3C1CCC2(O)C#CS. The third-order valence-electron chi connectivity index (χ3n) is 7.12. The number of rotatable bonds is 0. The van der Waals surface area contributed by atoms with Gasteiger partial charge in [-0.15, -0.1) is 0 Å². The Morgan fingerprint density at radius 1 is 1.22 bits per heavy atom. The smallest absolute Gasteiger partial charge is 0.131 e. The van der Waals surface area contributed by atoms with E-state index in [4.69, 9.17) is 0 Å². The number of hydrogen-bond acceptors (Lipinski definition) is 3. The summed E-state index contributed by atoms with van der Waals surface area (Å²) in [5.41, 5.74) is 1.76. The van der Waals surface area contributed by atoms with Crippen LogP contribution in [0.1, 0.15) is 56.1 Å². The Morgan fingerprint density at radius 3 is 2.83 bits per heavy atom. The van der Waals surface area contributed by atoms with Gasteiger partial charge in [0, 0.05) is 5.41 Å². The lowest BCUT2D eigenvalue weighted by Gasteiger charge is -2.52. The Balaban J connectivity index is 1.71. The highest BCUT2D eigenvalue weighted by Crippen LogP contribution is 2.64. The summed E-state index contributed by atoms with van der Waals surface area (Å²) in [5.74, 6) is 5.13. The molecule has 0 aliphatic heterocycles. The maximum Gasteiger partial charge on any atom is 0.131 e. The van der Waals surface area contributed by atoms with Crippen LogP contribution in [0.15, 0.2) is 18.2 Å². The molecule has 5 unspecified atom stereocenters. The first kappa shape index (κ1) is 15.4. The lowest BCUT2D eigenvalue weighted by atomic mass is 9.53. The van der Waals surface area contributed by atoms with Crippen molar-refractivity contribution in [1.29, 1.82) is 0 Å². The van der Waals surface area contributed by atoms with Gasteiger partial charge in [-0.05, 0) is 84.8 Å². The second kappa shape index (κ2) is 5.19. The number of phenols is 1. The highest BCUT2D eigenvalue weighted by Gasteiger charge is 2.61. The molecule has 3 aliphatic rings. The number of aromatic hydroxyl groups is 1. The first-order valence-electron chi connectivity index (χ1n) is 8.69. The number of aryl methyl sites for hydroxylation is 1. The molecule has 0 bridgehead atoms. The van der Waals surface area contributed by atoms with Gasteiger partial charge in [0.15, 0.2) is 0 Å². The fourth-order valence-electron chi connectivity index (χ4n) is 5.88. The van der Waals surface area contributed by atoms with Gasteiger partial charge in [0.2, 0.25) is 0 Å². The molecule has 2 fully saturated rings. The van der Waals surface area contributed by atoms with Crippen molar-refractivity contribution in [1.82, 2.24) is 0 Å². The predicted molar refractivity (Wildman–Crippen MR) is 94.4 cm³/mol. The summed E-state index contributed by atoms with van der Waals surface area (Å²) >= 11 is 4.04. The monoisotopic (exact) mass is 328 g/mol. The minimum absolute atomic E-state index is 0.113. The molecule has 0 aromatic heterocycles. The summed E-state index contributed by atoms with van der Waals surface area (Å²) in [6.45, 7) is 2.24. The van der Waals surface area contributed by atoms with Crippen LogP contribution in [0.5, 0.6) is 5.75 Å². The molecule has 122 valence electrons. The van der Waals surface area contributed by atoms with E-state index in [2.05, 4.69) is 36.8 Å². The van der Waals surface area contributed by atoms with Gasteiger partial charge in [-0.25, -0.2) is 0 Å². The Labute approximate surface area is 143 Å². The second-order valence-electron chi connectivity index (χ2n) is 7.89. The fraction of sp³-hybridized carbons (Fsp3) is 0.600. The van der Waals surface area contributed by atoms with Crippen molar-refractivity contribution < 1.29 is 10.2 Å². The largest absolute Gasteiger partial charge is 0.508 e. The molecule has 2 nitrogen and oxygen atoms in total. The average Bonchev–Trinajstić information content (AvgIpc) is 2.79. The Hall–Kier alpha value is -1.11. The molecule has 5 atom stereocenters. The van der Waals surface area contributed by atoms with Gasteiger partial charge in [-0.3, -0.25) is 0 Å². The molecule has 4 rings (SSSR count). The topological polar surface area (TPSA) is 40.5 Å². The lowest BCUT2D eigenvalue weighted by molar-refractivity contribution is -0.0647. The van der Waals surface area contributed by atoms with Crippen LogP contribution in [-0.2, 0) is 6.42 Å². The van der Waals surface area contributed by atoms with Crippen LogP contribution in [-0.4, -0.2) is 15.8 Å². The molecule has 0 spiro atoms. The molecular formula is C20H24O2S. The van der Waals surface area contributed by atoms with E-state index in [-0.39, 0.29) is 5.41 Å². The molecule has 1 aromatic rings. The molecule has 0 heterocycles. The highest BCUT2D eigenvalue weighted by molar-refractivity contribution is 7.85. The van der Waals surface area contributed by atoms with Gasteiger partial charge in [-0.1, -0.05) is 31.5 Å². The third-order valence-corrected chi connectivity index (χ3v) is 7.24. The van der Waals surface area contributed by atoms with Gasteiger partial charge in [-0.2, -0.15) is 0 Å². The summed E-state index contributed by atoms with van der Waals surface area (Å²) in [6, 6.07) is 5.89. The third kappa shape index (κ3) is 2.08. The van der Waals surface area contributed by atoms with E-state index in [0.717, 1.165) is 38.5 Å². The van der Waals surface area contributed by atoms with Gasteiger partial charge < -0.3 is 10.2 Å². The minimum atomic E-state index is -0.875. The van der Waals surface area contributed by atoms with Gasteiger partial charge in [0.25, 0.3) is 0 Å². The normalized spacial score (nSPS) is 41.3. The summed E-state index contributed by atoms with van der Waals surface area (Å²) in [6.07, 6.45) is 6.14. The zero-order valence-electron chi connectivity index (χ0n) is 13.5. The van der Waals surface area contributed by atoms with E-state index in [1.807, 2.05) is 12.1 Å². The van der Waals surface area contributed by atoms with E-state index in [1.54, 1.807) is 0 Å². The molecule has 0 radical (unpaired) electrons. The standard InChI is InChI=1S/C20H24O2S/c1-19-8-6-16-15-5-3-14(21)12-13(15)2-4-17(16)18(19)7-9-20(19,22)10-11-23/h3,5,12,16-18,21-23H,2,4,6-9H2,1H3. The molecule has 3 heteroatoms. The molecule has 1 aromatic carbocycles. The Kier molecular flexibility index (Phi) is 3.48. The van der Waals surface area contributed by atoms with Crippen LogP contribution in [0.25, 0.3) is 0 Å². The van der Waals surface area contributed by atoms with Gasteiger partial charge in [0.1, 0.15) is 11.4 Å². The maximum atomic E-state index is 11.1. The highest BCUT2D eigenvalue weighted by atomic mass is 32.1. The van der Waals surface area contributed by atoms with Crippen molar-refractivity contribution in [3.63, 3.8) is 0 Å². The van der Waals surface area contributed by atoms with Gasteiger partial charge >= 0.3 is 0 Å². The first-order chi connectivity index (χ1) is 11.0. The molecule has 0 saturated heterocycles. The lowest BCUT2D eigenvalue weighted by Crippen LogP contribution is -2.50. The Bertz CT molecular complexity index is 703. The predicted octanol–water partition coefficient (Wildman–Crippen LogP) is 3.87. The molecular weight excluding hydrogens is 304 g/mol. The van der Waals surface area contributed by atoms with E-state index < -0.39 is 5.60 Å². The van der Waals surface area contributed by atoms with Crippen molar-refractivity contribution in [2.75, 3.05) is 0 Å². The van der Waals surface area contributed by atoms with Crippen molar-refractivity contribution in [3.05, 3.63) is 29.3 Å². The summed E-state index contributed by atoms with van der Waals surface area (Å²) in [7, 11) is 0. The average molecular weight is 328 g/mol. The number of aliphatic hydroxyl groups is 1. The van der Waals surface area contributed by atoms with Crippen molar-refractivity contribution >= 4 is 12.6 Å². The molecule has 0 amide bonds. The molecule has 23 heavy (non-hydrogen) atoms. The van der Waals surface area contributed by atoms with E-state index in [9.17, 15) is 10.2 Å². The van der Waals surface area contributed by atoms with Crippen molar-refractivity contribution in [2.24, 2.45) is 17.3 Å². The number of benzene rings is 1. The minimum Gasteiger partial charge on any atom is -0.508 e. The number of fused-ring (bicyclic) bond motifs is 5. The van der Waals surface area contributed by atoms with Crippen LogP contribution >= 0.6 is 12.6 Å². The summed E-state index contributed by atoms with van der Waals surface area (Å²) < 4.78 is 0. The molecule has 2 N–H and O–H groups in total. The van der Waals surface area contributed by atoms with Crippen LogP contribution in [0.4, 0.5) is 0 Å². The quantitative estimate of drug-likeness (QED) is 0.500. The maximum absolute atomic E-state index is 11.1. The van der Waals surface area contributed by atoms with Crippen molar-refractivity contribution in [3.8, 4) is 16.9 Å². The molecule has 3 aliphatic carbocycles. The fourth-order valence-corrected chi connectivity index (χ4v) is 6.07. The van der Waals surface area contributed by atoms with Crippen LogP contribution in [0.2, 0.25) is 0 Å². The number of thiol groups is 1. The first-order valence-corrected chi connectivity index (χ1v) is 9.14. The van der Waals surface area contributed by atoms with Crippen molar-refractivity contribution in [2.45, 2.75) is 57.0 Å². The second-order valence-corrected chi connectivity index (χ2v) is 8.11. The van der Waals surface area contributed by atoms with E-state index in [0.29, 0.717) is 23.5 Å². The summed E-state index contributed by atoms with van der Waals surface area (Å²) in [4.78, 5) is 0. The van der Waals surface area contributed by atoms with Gasteiger partial charge in [0.05, 0.1) is 0 Å². The summed E-state index contributed by atoms with van der Waals surface area (Å²) in [5, 5.41) is 23.5. The van der Waals surface area contributed by atoms with Crippen LogP contribution < -0.4 is 0 Å². The number of hydrogen-bond donors (Lipinski definition) is 3. The zero-order valence-corrected chi connectivity index (χ0v) is 14.4.